The number of Topliss-reactive ketones (excluding diaryl/α,β-unsaturated/α-hetero) is 1. The van der Waals surface area contributed by atoms with Crippen LogP contribution in [0.25, 0.3) is 11.0 Å². The molecule has 28 heavy (non-hydrogen) atoms. The largest absolute Gasteiger partial charge is 0.325 e. The number of hydrogen-bond donors (Lipinski definition) is 3. The Morgan fingerprint density at radius 2 is 1.71 bits per heavy atom. The molecular weight excluding hydrogens is 384 g/mol. The summed E-state index contributed by atoms with van der Waals surface area (Å²) >= 11 is 5.89. The summed E-state index contributed by atoms with van der Waals surface area (Å²) in [6, 6.07) is 10.5. The third-order valence-corrected chi connectivity index (χ3v) is 5.09. The molecule has 4 rings (SSSR count). The Morgan fingerprint density at radius 3 is 2.43 bits per heavy atom. The Balaban J connectivity index is 1.59. The highest BCUT2D eigenvalue weighted by molar-refractivity contribution is 6.30. The van der Waals surface area contributed by atoms with Crippen molar-refractivity contribution >= 4 is 40.4 Å². The number of benzene rings is 2. The maximum Gasteiger partial charge on any atom is 0.325 e. The number of nitrogens with one attached hydrogen (secondary N) is 3. The van der Waals surface area contributed by atoms with Gasteiger partial charge in [-0.1, -0.05) is 23.7 Å². The van der Waals surface area contributed by atoms with E-state index in [2.05, 4.69) is 15.3 Å². The Morgan fingerprint density at radius 1 is 1.04 bits per heavy atom. The van der Waals surface area contributed by atoms with E-state index in [0.717, 1.165) is 4.90 Å². The van der Waals surface area contributed by atoms with Gasteiger partial charge in [-0.3, -0.25) is 14.5 Å². The van der Waals surface area contributed by atoms with E-state index < -0.39 is 29.8 Å². The van der Waals surface area contributed by atoms with Crippen LogP contribution in [0.4, 0.5) is 4.79 Å². The summed E-state index contributed by atoms with van der Waals surface area (Å²) in [7, 11) is 0. The number of hydrogen-bond acceptors (Lipinski definition) is 4. The van der Waals surface area contributed by atoms with Crippen LogP contribution in [-0.2, 0) is 10.3 Å². The molecule has 0 radical (unpaired) electrons. The first kappa shape index (κ1) is 18.0. The zero-order valence-corrected chi connectivity index (χ0v) is 15.5. The van der Waals surface area contributed by atoms with E-state index >= 15 is 0 Å². The summed E-state index contributed by atoms with van der Waals surface area (Å²) < 4.78 is 0. The van der Waals surface area contributed by atoms with Crippen LogP contribution < -0.4 is 11.0 Å². The van der Waals surface area contributed by atoms with E-state index in [0.29, 0.717) is 21.6 Å². The lowest BCUT2D eigenvalue weighted by Crippen LogP contribution is -2.41. The Labute approximate surface area is 163 Å². The second-order valence-electron chi connectivity index (χ2n) is 6.72. The van der Waals surface area contributed by atoms with Gasteiger partial charge in [-0.15, -0.1) is 0 Å². The van der Waals surface area contributed by atoms with E-state index in [4.69, 9.17) is 11.6 Å². The van der Waals surface area contributed by atoms with Gasteiger partial charge >= 0.3 is 11.7 Å². The topological polar surface area (TPSA) is 115 Å². The number of carbonyl (C=O) groups excluding carboxylic acids is 3. The lowest BCUT2D eigenvalue weighted by atomic mass is 9.92. The number of aromatic amines is 2. The molecule has 0 spiro atoms. The van der Waals surface area contributed by atoms with Crippen molar-refractivity contribution in [3.05, 3.63) is 69.1 Å². The minimum atomic E-state index is -1.28. The minimum absolute atomic E-state index is 0.281. The van der Waals surface area contributed by atoms with Gasteiger partial charge in [0.25, 0.3) is 5.91 Å². The third-order valence-electron chi connectivity index (χ3n) is 4.84. The number of amides is 3. The van der Waals surface area contributed by atoms with Gasteiger partial charge in [-0.25, -0.2) is 9.59 Å². The number of urea groups is 1. The first-order valence-corrected chi connectivity index (χ1v) is 8.81. The molecule has 2 aromatic carbocycles. The summed E-state index contributed by atoms with van der Waals surface area (Å²) in [5.74, 6) is -0.947. The van der Waals surface area contributed by atoms with Crippen molar-refractivity contribution in [3.63, 3.8) is 0 Å². The van der Waals surface area contributed by atoms with Crippen LogP contribution in [0.3, 0.4) is 0 Å². The van der Waals surface area contributed by atoms with Gasteiger partial charge in [0.2, 0.25) is 0 Å². The van der Waals surface area contributed by atoms with Crippen molar-refractivity contribution in [3.8, 4) is 0 Å². The summed E-state index contributed by atoms with van der Waals surface area (Å²) in [6.07, 6.45) is 0. The van der Waals surface area contributed by atoms with Crippen molar-refractivity contribution in [2.75, 3.05) is 6.54 Å². The molecule has 3 aromatic rings. The van der Waals surface area contributed by atoms with Gasteiger partial charge in [0.15, 0.2) is 5.78 Å². The molecule has 2 heterocycles. The van der Waals surface area contributed by atoms with Crippen molar-refractivity contribution < 1.29 is 14.4 Å². The second-order valence-corrected chi connectivity index (χ2v) is 7.15. The molecule has 1 aliphatic rings. The number of rotatable bonds is 4. The Bertz CT molecular complexity index is 1180. The van der Waals surface area contributed by atoms with E-state index in [1.807, 2.05) is 0 Å². The third kappa shape index (κ3) is 2.87. The molecule has 8 nitrogen and oxygen atoms in total. The summed E-state index contributed by atoms with van der Waals surface area (Å²) in [6.45, 7) is 1.17. The highest BCUT2D eigenvalue weighted by Crippen LogP contribution is 2.29. The number of H-pyrrole nitrogens is 2. The molecule has 1 aliphatic heterocycles. The lowest BCUT2D eigenvalue weighted by molar-refractivity contribution is -0.130. The molecule has 1 saturated heterocycles. The zero-order chi connectivity index (χ0) is 20.1. The number of nitrogens with zero attached hydrogens (tertiary/aromatic N) is 1. The molecule has 0 aliphatic carbocycles. The smallest absolute Gasteiger partial charge is 0.319 e. The monoisotopic (exact) mass is 398 g/mol. The normalized spacial score (nSPS) is 19.3. The van der Waals surface area contributed by atoms with Gasteiger partial charge in [-0.05, 0) is 42.8 Å². The minimum Gasteiger partial charge on any atom is -0.319 e. The highest BCUT2D eigenvalue weighted by atomic mass is 35.5. The second kappa shape index (κ2) is 6.35. The molecule has 1 aromatic heterocycles. The van der Waals surface area contributed by atoms with E-state index in [1.54, 1.807) is 37.3 Å². The fourth-order valence-corrected chi connectivity index (χ4v) is 3.39. The fourth-order valence-electron chi connectivity index (χ4n) is 3.26. The van der Waals surface area contributed by atoms with Crippen molar-refractivity contribution in [1.29, 1.82) is 0 Å². The van der Waals surface area contributed by atoms with Gasteiger partial charge in [0.1, 0.15) is 5.54 Å². The summed E-state index contributed by atoms with van der Waals surface area (Å²) in [5, 5.41) is 3.15. The van der Waals surface area contributed by atoms with Crippen LogP contribution in [0.15, 0.2) is 47.3 Å². The Hall–Kier alpha value is -3.39. The van der Waals surface area contributed by atoms with Gasteiger partial charge in [0.05, 0.1) is 17.6 Å². The molecule has 0 saturated carbocycles. The molecule has 142 valence electrons. The van der Waals surface area contributed by atoms with E-state index in [9.17, 15) is 19.2 Å². The predicted molar refractivity (Wildman–Crippen MR) is 102 cm³/mol. The SMILES string of the molecule is C[C@@]1(c2ccc(Cl)cc2)NC(=O)N(CC(=O)c2ccc3[nH]c(=O)[nH]c3c2)C1=O. The van der Waals surface area contributed by atoms with E-state index in [-0.39, 0.29) is 11.3 Å². The molecule has 3 N–H and O–H groups in total. The fraction of sp³-hybridized carbons (Fsp3) is 0.158. The maximum atomic E-state index is 12.9. The molecule has 0 unspecified atom stereocenters. The average molecular weight is 399 g/mol. The number of aromatic nitrogens is 2. The van der Waals surface area contributed by atoms with Crippen LogP contribution in [0.2, 0.25) is 5.02 Å². The first-order chi connectivity index (χ1) is 13.3. The lowest BCUT2D eigenvalue weighted by Gasteiger charge is -2.22. The van der Waals surface area contributed by atoms with Crippen molar-refractivity contribution in [2.45, 2.75) is 12.5 Å². The van der Waals surface area contributed by atoms with Crippen LogP contribution in [0.5, 0.6) is 0 Å². The Kier molecular flexibility index (Phi) is 4.08. The number of ketones is 1. The highest BCUT2D eigenvalue weighted by Gasteiger charge is 2.49. The molecule has 3 amide bonds. The van der Waals surface area contributed by atoms with Crippen LogP contribution in [0, 0.1) is 0 Å². The molecular formula is C19H15ClN4O4. The van der Waals surface area contributed by atoms with Gasteiger partial charge < -0.3 is 15.3 Å². The number of imide groups is 1. The molecule has 0 bridgehead atoms. The van der Waals surface area contributed by atoms with Crippen molar-refractivity contribution in [2.24, 2.45) is 0 Å². The quantitative estimate of drug-likeness (QED) is 0.461. The van der Waals surface area contributed by atoms with Crippen molar-refractivity contribution in [1.82, 2.24) is 20.2 Å². The predicted octanol–water partition coefficient (Wildman–Crippen LogP) is 2.16. The maximum absolute atomic E-state index is 12.9. The van der Waals surface area contributed by atoms with Crippen LogP contribution in [-0.4, -0.2) is 39.1 Å². The average Bonchev–Trinajstić information content (AvgIpc) is 3.13. The van der Waals surface area contributed by atoms with E-state index in [1.165, 1.54) is 12.1 Å². The molecule has 9 heteroatoms. The molecule has 1 atom stereocenters. The summed E-state index contributed by atoms with van der Waals surface area (Å²) in [5.41, 5.74) is 0.218. The van der Waals surface area contributed by atoms with Crippen LogP contribution >= 0.6 is 11.6 Å². The van der Waals surface area contributed by atoms with Crippen LogP contribution in [0.1, 0.15) is 22.8 Å². The molecule has 1 fully saturated rings. The number of imidazole rings is 1. The zero-order valence-electron chi connectivity index (χ0n) is 14.7. The number of carbonyl (C=O) groups is 3. The summed E-state index contributed by atoms with van der Waals surface area (Å²) in [4.78, 5) is 55.3. The van der Waals surface area contributed by atoms with Gasteiger partial charge in [-0.2, -0.15) is 0 Å². The standard InChI is InChI=1S/C19H15ClN4O4/c1-19(11-3-5-12(20)6-4-11)16(26)24(18(28)23-19)9-15(25)10-2-7-13-14(8-10)22-17(27)21-13/h2-8H,9H2,1H3,(H,23,28)(H2,21,22,27)/t19-/m0/s1. The number of halogens is 1. The first-order valence-electron chi connectivity index (χ1n) is 8.43. The van der Waals surface area contributed by atoms with Gasteiger partial charge in [0, 0.05) is 10.6 Å². The number of fused-ring (bicyclic) bond motifs is 1.